The number of fused-ring (bicyclic) bond motifs is 1. The largest absolute Gasteiger partial charge is 0.468 e. The van der Waals surface area contributed by atoms with Crippen molar-refractivity contribution in [2.75, 3.05) is 13.7 Å². The van der Waals surface area contributed by atoms with Crippen LogP contribution >= 0.6 is 0 Å². The van der Waals surface area contributed by atoms with Gasteiger partial charge in [-0.05, 0) is 30.0 Å². The van der Waals surface area contributed by atoms with Gasteiger partial charge in [0.2, 0.25) is 0 Å². The van der Waals surface area contributed by atoms with E-state index in [0.717, 1.165) is 43.4 Å². The molecule has 0 amide bonds. The van der Waals surface area contributed by atoms with Crippen molar-refractivity contribution >= 4 is 16.9 Å². The predicted octanol–water partition coefficient (Wildman–Crippen LogP) is 5.48. The molecule has 0 aliphatic carbocycles. The van der Waals surface area contributed by atoms with Crippen molar-refractivity contribution in [3.8, 4) is 11.3 Å². The maximum absolute atomic E-state index is 12.2. The number of para-hydroxylation sites is 1. The molecule has 2 aromatic carbocycles. The molecule has 1 heterocycles. The molecule has 4 heteroatoms. The van der Waals surface area contributed by atoms with Crippen molar-refractivity contribution in [3.63, 3.8) is 0 Å². The minimum atomic E-state index is -0.234. The number of H-pyrrole nitrogens is 1. The molecule has 0 fully saturated rings. The summed E-state index contributed by atoms with van der Waals surface area (Å²) in [6.07, 6.45) is 6.28. The lowest BCUT2D eigenvalue weighted by Crippen LogP contribution is -2.38. The molecule has 4 nitrogen and oxygen atoms in total. The first kappa shape index (κ1) is 21.1. The molecule has 0 saturated carbocycles. The van der Waals surface area contributed by atoms with E-state index in [4.69, 9.17) is 4.74 Å². The monoisotopic (exact) mass is 392 g/mol. The summed E-state index contributed by atoms with van der Waals surface area (Å²) in [5, 5.41) is 4.68. The zero-order chi connectivity index (χ0) is 20.5. The lowest BCUT2D eigenvalue weighted by molar-refractivity contribution is -0.143. The molecular weight excluding hydrogens is 360 g/mol. The average Bonchev–Trinajstić information content (AvgIpc) is 3.14. The second-order valence-corrected chi connectivity index (χ2v) is 7.52. The van der Waals surface area contributed by atoms with Crippen molar-refractivity contribution in [1.82, 2.24) is 10.3 Å². The van der Waals surface area contributed by atoms with Crippen LogP contribution in [0.5, 0.6) is 0 Å². The zero-order valence-corrected chi connectivity index (χ0v) is 17.5. The maximum Gasteiger partial charge on any atom is 0.322 e. The van der Waals surface area contributed by atoms with Gasteiger partial charge in [-0.25, -0.2) is 0 Å². The van der Waals surface area contributed by atoms with Gasteiger partial charge in [0.25, 0.3) is 0 Å². The Hall–Kier alpha value is -2.59. The number of aromatic nitrogens is 1. The molecule has 0 aliphatic heterocycles. The SMILES string of the molecule is CCCCCCC(NCCc1c(-c2ccccc2)[nH]c2ccccc12)C(=O)OC. The summed E-state index contributed by atoms with van der Waals surface area (Å²) in [7, 11) is 1.47. The Bertz CT molecular complexity index is 902. The Morgan fingerprint density at radius 2 is 1.79 bits per heavy atom. The Morgan fingerprint density at radius 1 is 1.03 bits per heavy atom. The highest BCUT2D eigenvalue weighted by Gasteiger charge is 2.19. The normalized spacial score (nSPS) is 12.2. The maximum atomic E-state index is 12.2. The zero-order valence-electron chi connectivity index (χ0n) is 17.5. The van der Waals surface area contributed by atoms with Crippen molar-refractivity contribution < 1.29 is 9.53 Å². The first-order valence-corrected chi connectivity index (χ1v) is 10.7. The highest BCUT2D eigenvalue weighted by Crippen LogP contribution is 2.30. The number of unbranched alkanes of at least 4 members (excludes halogenated alkanes) is 3. The molecule has 0 radical (unpaired) electrons. The van der Waals surface area contributed by atoms with Crippen LogP contribution in [0.15, 0.2) is 54.6 Å². The molecule has 1 unspecified atom stereocenters. The van der Waals surface area contributed by atoms with Gasteiger partial charge in [-0.3, -0.25) is 4.79 Å². The smallest absolute Gasteiger partial charge is 0.322 e. The van der Waals surface area contributed by atoms with Gasteiger partial charge in [-0.2, -0.15) is 0 Å². The molecule has 0 saturated heterocycles. The molecule has 1 atom stereocenters. The van der Waals surface area contributed by atoms with Crippen molar-refractivity contribution in [1.29, 1.82) is 0 Å². The third-order valence-electron chi connectivity index (χ3n) is 5.47. The van der Waals surface area contributed by atoms with Crippen LogP contribution in [0.4, 0.5) is 0 Å². The number of esters is 1. The molecule has 0 bridgehead atoms. The summed E-state index contributed by atoms with van der Waals surface area (Å²) in [6, 6.07) is 18.6. The molecule has 1 aromatic heterocycles. The molecule has 29 heavy (non-hydrogen) atoms. The average molecular weight is 393 g/mol. The van der Waals surface area contributed by atoms with Gasteiger partial charge >= 0.3 is 5.97 Å². The van der Waals surface area contributed by atoms with Crippen molar-refractivity contribution in [2.45, 2.75) is 51.5 Å². The number of carbonyl (C=O) groups excluding carboxylic acids is 1. The second kappa shape index (κ2) is 10.8. The Morgan fingerprint density at radius 3 is 2.55 bits per heavy atom. The van der Waals surface area contributed by atoms with Crippen molar-refractivity contribution in [3.05, 3.63) is 60.2 Å². The van der Waals surface area contributed by atoms with Crippen LogP contribution in [-0.2, 0) is 16.0 Å². The third kappa shape index (κ3) is 5.48. The van der Waals surface area contributed by atoms with E-state index < -0.39 is 0 Å². The number of benzene rings is 2. The predicted molar refractivity (Wildman–Crippen MR) is 120 cm³/mol. The van der Waals surface area contributed by atoms with Gasteiger partial charge in [0, 0.05) is 23.1 Å². The van der Waals surface area contributed by atoms with Gasteiger partial charge in [0.15, 0.2) is 0 Å². The minimum absolute atomic E-state index is 0.163. The van der Waals surface area contributed by atoms with Gasteiger partial charge in [0.1, 0.15) is 6.04 Å². The summed E-state index contributed by atoms with van der Waals surface area (Å²) in [5.41, 5.74) is 4.77. The van der Waals surface area contributed by atoms with E-state index in [1.165, 1.54) is 36.5 Å². The summed E-state index contributed by atoms with van der Waals surface area (Å²) in [4.78, 5) is 15.8. The van der Waals surface area contributed by atoms with E-state index in [-0.39, 0.29) is 12.0 Å². The summed E-state index contributed by atoms with van der Waals surface area (Å²) < 4.78 is 5.01. The van der Waals surface area contributed by atoms with Crippen LogP contribution in [0.1, 0.15) is 44.6 Å². The first-order chi connectivity index (χ1) is 14.2. The van der Waals surface area contributed by atoms with Gasteiger partial charge < -0.3 is 15.0 Å². The number of nitrogens with one attached hydrogen (secondary N) is 2. The quantitative estimate of drug-likeness (QED) is 0.336. The minimum Gasteiger partial charge on any atom is -0.468 e. The van der Waals surface area contributed by atoms with Gasteiger partial charge in [-0.1, -0.05) is 81.1 Å². The number of hydrogen-bond acceptors (Lipinski definition) is 3. The first-order valence-electron chi connectivity index (χ1n) is 10.7. The van der Waals surface area contributed by atoms with E-state index in [0.29, 0.717) is 0 Å². The molecule has 3 rings (SSSR count). The van der Waals surface area contributed by atoms with Gasteiger partial charge in [0.05, 0.1) is 7.11 Å². The number of carbonyl (C=O) groups is 1. The fraction of sp³-hybridized carbons (Fsp3) is 0.400. The molecular formula is C25H32N2O2. The van der Waals surface area contributed by atoms with E-state index in [9.17, 15) is 4.79 Å². The summed E-state index contributed by atoms with van der Waals surface area (Å²) in [5.74, 6) is -0.163. The molecule has 2 N–H and O–H groups in total. The number of hydrogen-bond donors (Lipinski definition) is 2. The molecule has 0 aliphatic rings. The van der Waals surface area contributed by atoms with E-state index in [1.54, 1.807) is 0 Å². The molecule has 154 valence electrons. The van der Waals surface area contributed by atoms with Crippen LogP contribution in [0.25, 0.3) is 22.2 Å². The fourth-order valence-electron chi connectivity index (χ4n) is 3.90. The molecule has 0 spiro atoms. The van der Waals surface area contributed by atoms with Crippen molar-refractivity contribution in [2.24, 2.45) is 0 Å². The Labute approximate surface area is 173 Å². The summed E-state index contributed by atoms with van der Waals surface area (Å²) in [6.45, 7) is 2.93. The van der Waals surface area contributed by atoms with E-state index in [2.05, 4.69) is 65.8 Å². The lowest BCUT2D eigenvalue weighted by Gasteiger charge is -2.16. The standard InChI is InChI=1S/C25H32N2O2/c1-3-4-5-9-16-23(25(28)29-2)26-18-17-21-20-14-10-11-15-22(20)27-24(21)19-12-7-6-8-13-19/h6-8,10-15,23,26-27H,3-5,9,16-18H2,1-2H3. The second-order valence-electron chi connectivity index (χ2n) is 7.52. The fourth-order valence-corrected chi connectivity index (χ4v) is 3.90. The number of methoxy groups -OCH3 is 1. The van der Waals surface area contributed by atoms with Crippen LogP contribution < -0.4 is 5.32 Å². The topological polar surface area (TPSA) is 54.1 Å². The number of rotatable bonds is 11. The van der Waals surface area contributed by atoms with Crippen LogP contribution in [0, 0.1) is 0 Å². The Balaban J connectivity index is 1.72. The summed E-state index contributed by atoms with van der Waals surface area (Å²) >= 11 is 0. The number of aromatic amines is 1. The highest BCUT2D eigenvalue weighted by atomic mass is 16.5. The third-order valence-corrected chi connectivity index (χ3v) is 5.47. The van der Waals surface area contributed by atoms with Gasteiger partial charge in [-0.15, -0.1) is 0 Å². The highest BCUT2D eigenvalue weighted by molar-refractivity contribution is 5.90. The Kier molecular flexibility index (Phi) is 7.88. The van der Waals surface area contributed by atoms with E-state index >= 15 is 0 Å². The van der Waals surface area contributed by atoms with Crippen LogP contribution in [-0.4, -0.2) is 30.6 Å². The van der Waals surface area contributed by atoms with E-state index in [1.807, 2.05) is 6.07 Å². The lowest BCUT2D eigenvalue weighted by atomic mass is 10.0. The number of ether oxygens (including phenoxy) is 1. The molecule has 3 aromatic rings. The van der Waals surface area contributed by atoms with Crippen LogP contribution in [0.3, 0.4) is 0 Å². The van der Waals surface area contributed by atoms with Crippen LogP contribution in [0.2, 0.25) is 0 Å².